The third-order valence-corrected chi connectivity index (χ3v) is 6.72. The molecule has 1 heterocycles. The maximum Gasteiger partial charge on any atom is 0.410 e. The summed E-state index contributed by atoms with van der Waals surface area (Å²) in [4.78, 5) is 29.8. The number of para-hydroxylation sites is 1. The van der Waals surface area contributed by atoms with E-state index in [1.165, 1.54) is 4.90 Å². The van der Waals surface area contributed by atoms with E-state index in [4.69, 9.17) is 20.5 Å². The first kappa shape index (κ1) is 29.7. The fraction of sp³-hybridized carbons (Fsp3) is 0.481. The number of nitrogens with zero attached hydrogens (tertiary/aromatic N) is 2. The Labute approximate surface area is 230 Å². The first-order chi connectivity index (χ1) is 17.8. The number of nitrogens with one attached hydrogen (secondary N) is 1. The predicted molar refractivity (Wildman–Crippen MR) is 149 cm³/mol. The average Bonchev–Trinajstić information content (AvgIpc) is 3.35. The highest BCUT2D eigenvalue weighted by atomic mass is 35.5. The second kappa shape index (κ2) is 12.8. The van der Waals surface area contributed by atoms with Gasteiger partial charge in [-0.25, -0.2) is 4.79 Å². The standard InChI is InChI=1S/C27H36ClN3O6S/c1-27(2,3)37-26(33)31(16-9-17-36-38(4,34)35)19-20-10-5-6-11-24(20)29-25(32)22-13-12-21(18-23(22)28)30-14-7-8-15-30/h5-6,10-13,18H,7-9,14-17,19H2,1-4H3,(H,29,32). The molecule has 3 rings (SSSR count). The topological polar surface area (TPSA) is 105 Å². The quantitative estimate of drug-likeness (QED) is 0.308. The smallest absolute Gasteiger partial charge is 0.410 e. The van der Waals surface area contributed by atoms with Crippen LogP contribution in [0.15, 0.2) is 42.5 Å². The zero-order valence-electron chi connectivity index (χ0n) is 22.3. The molecule has 1 aliphatic heterocycles. The third-order valence-electron chi connectivity index (χ3n) is 5.82. The molecule has 0 atom stereocenters. The van der Waals surface area contributed by atoms with Gasteiger partial charge in [0, 0.05) is 31.0 Å². The average molecular weight is 566 g/mol. The molecule has 2 aromatic carbocycles. The lowest BCUT2D eigenvalue weighted by Crippen LogP contribution is -2.37. The van der Waals surface area contributed by atoms with Crippen LogP contribution in [0.4, 0.5) is 16.2 Å². The van der Waals surface area contributed by atoms with E-state index in [1.807, 2.05) is 18.2 Å². The van der Waals surface area contributed by atoms with Crippen LogP contribution in [-0.4, -0.2) is 63.4 Å². The fourth-order valence-electron chi connectivity index (χ4n) is 4.06. The van der Waals surface area contributed by atoms with Gasteiger partial charge in [0.25, 0.3) is 16.0 Å². The Morgan fingerprint density at radius 1 is 1.11 bits per heavy atom. The van der Waals surface area contributed by atoms with Crippen molar-refractivity contribution in [3.63, 3.8) is 0 Å². The molecule has 0 unspecified atom stereocenters. The van der Waals surface area contributed by atoms with Gasteiger partial charge in [0.05, 0.1) is 30.0 Å². The molecule has 1 N–H and O–H groups in total. The Hall–Kier alpha value is -2.82. The van der Waals surface area contributed by atoms with Crippen molar-refractivity contribution in [3.05, 3.63) is 58.6 Å². The van der Waals surface area contributed by atoms with E-state index in [-0.39, 0.29) is 32.0 Å². The van der Waals surface area contributed by atoms with E-state index in [0.717, 1.165) is 37.9 Å². The molecule has 2 amide bonds. The Morgan fingerprint density at radius 2 is 1.79 bits per heavy atom. The first-order valence-corrected chi connectivity index (χ1v) is 14.8. The predicted octanol–water partition coefficient (Wildman–Crippen LogP) is 5.30. The maximum atomic E-state index is 13.1. The second-order valence-corrected chi connectivity index (χ2v) is 12.3. The number of rotatable bonds is 10. The molecule has 2 aromatic rings. The number of benzene rings is 2. The van der Waals surface area contributed by atoms with Gasteiger partial charge >= 0.3 is 6.09 Å². The van der Waals surface area contributed by atoms with Crippen LogP contribution >= 0.6 is 11.6 Å². The summed E-state index contributed by atoms with van der Waals surface area (Å²) in [5.74, 6) is -0.360. The molecule has 0 radical (unpaired) electrons. The van der Waals surface area contributed by atoms with Crippen molar-refractivity contribution < 1.29 is 26.9 Å². The first-order valence-electron chi connectivity index (χ1n) is 12.6. The number of hydrogen-bond donors (Lipinski definition) is 1. The van der Waals surface area contributed by atoms with Crippen LogP contribution in [0.25, 0.3) is 0 Å². The number of ether oxygens (including phenoxy) is 1. The van der Waals surface area contributed by atoms with Crippen molar-refractivity contribution in [2.75, 3.05) is 42.7 Å². The Morgan fingerprint density at radius 3 is 2.42 bits per heavy atom. The summed E-state index contributed by atoms with van der Waals surface area (Å²) < 4.78 is 32.9. The van der Waals surface area contributed by atoms with E-state index >= 15 is 0 Å². The molecule has 1 saturated heterocycles. The molecule has 0 saturated carbocycles. The zero-order valence-corrected chi connectivity index (χ0v) is 23.9. The lowest BCUT2D eigenvalue weighted by Gasteiger charge is -2.28. The molecule has 11 heteroatoms. The van der Waals surface area contributed by atoms with Crippen molar-refractivity contribution in [2.45, 2.75) is 52.2 Å². The van der Waals surface area contributed by atoms with Gasteiger partial charge in [-0.05, 0) is 69.9 Å². The van der Waals surface area contributed by atoms with Gasteiger partial charge in [-0.3, -0.25) is 8.98 Å². The molecule has 38 heavy (non-hydrogen) atoms. The Bertz CT molecular complexity index is 1240. The molecule has 208 valence electrons. The highest BCUT2D eigenvalue weighted by molar-refractivity contribution is 7.85. The summed E-state index contributed by atoms with van der Waals surface area (Å²) in [5, 5.41) is 3.28. The van der Waals surface area contributed by atoms with Crippen LogP contribution in [0.1, 0.15) is 56.0 Å². The van der Waals surface area contributed by atoms with E-state index < -0.39 is 21.8 Å². The highest BCUT2D eigenvalue weighted by Gasteiger charge is 2.24. The lowest BCUT2D eigenvalue weighted by molar-refractivity contribution is 0.0226. The highest BCUT2D eigenvalue weighted by Crippen LogP contribution is 2.28. The van der Waals surface area contributed by atoms with Crippen molar-refractivity contribution >= 4 is 45.1 Å². The van der Waals surface area contributed by atoms with Gasteiger partial charge < -0.3 is 19.9 Å². The van der Waals surface area contributed by atoms with E-state index in [9.17, 15) is 18.0 Å². The maximum absolute atomic E-state index is 13.1. The molecular weight excluding hydrogens is 530 g/mol. The van der Waals surface area contributed by atoms with Gasteiger partial charge in [-0.2, -0.15) is 8.42 Å². The zero-order chi connectivity index (χ0) is 27.9. The molecule has 0 aliphatic carbocycles. The van der Waals surface area contributed by atoms with Gasteiger partial charge in [-0.15, -0.1) is 0 Å². The largest absolute Gasteiger partial charge is 0.444 e. The van der Waals surface area contributed by atoms with E-state index in [1.54, 1.807) is 45.0 Å². The molecule has 0 spiro atoms. The summed E-state index contributed by atoms with van der Waals surface area (Å²) in [7, 11) is -3.58. The fourth-order valence-corrected chi connectivity index (χ4v) is 4.74. The molecular formula is C27H36ClN3O6S. The lowest BCUT2D eigenvalue weighted by atomic mass is 10.1. The summed E-state index contributed by atoms with van der Waals surface area (Å²) >= 11 is 6.49. The second-order valence-electron chi connectivity index (χ2n) is 10.3. The number of carbonyl (C=O) groups excluding carboxylic acids is 2. The van der Waals surface area contributed by atoms with Gasteiger partial charge in [0.15, 0.2) is 0 Å². The monoisotopic (exact) mass is 565 g/mol. The van der Waals surface area contributed by atoms with Crippen molar-refractivity contribution in [2.24, 2.45) is 0 Å². The normalized spacial score (nSPS) is 13.9. The minimum atomic E-state index is -3.58. The Kier molecular flexibility index (Phi) is 10.0. The van der Waals surface area contributed by atoms with E-state index in [2.05, 4.69) is 10.2 Å². The van der Waals surface area contributed by atoms with Gasteiger partial charge in [0.1, 0.15) is 5.60 Å². The van der Waals surface area contributed by atoms with Crippen LogP contribution in [0.5, 0.6) is 0 Å². The number of amides is 2. The third kappa shape index (κ3) is 9.18. The van der Waals surface area contributed by atoms with Gasteiger partial charge in [0.2, 0.25) is 0 Å². The molecule has 1 fully saturated rings. The molecule has 9 nitrogen and oxygen atoms in total. The van der Waals surface area contributed by atoms with Gasteiger partial charge in [-0.1, -0.05) is 29.8 Å². The minimum Gasteiger partial charge on any atom is -0.444 e. The number of hydrogen-bond acceptors (Lipinski definition) is 7. The summed E-state index contributed by atoms with van der Waals surface area (Å²) in [6.45, 7) is 7.51. The van der Waals surface area contributed by atoms with E-state index in [0.29, 0.717) is 21.8 Å². The van der Waals surface area contributed by atoms with Crippen molar-refractivity contribution in [1.82, 2.24) is 4.90 Å². The number of anilines is 2. The van der Waals surface area contributed by atoms with Crippen molar-refractivity contribution in [1.29, 1.82) is 0 Å². The summed E-state index contributed by atoms with van der Waals surface area (Å²) in [6, 6.07) is 12.6. The SMILES string of the molecule is CC(C)(C)OC(=O)N(CCCOS(C)(=O)=O)Cc1ccccc1NC(=O)c1ccc(N2CCCC2)cc1Cl. The minimum absolute atomic E-state index is 0.0670. The van der Waals surface area contributed by atoms with Crippen LogP contribution in [0.3, 0.4) is 0 Å². The van der Waals surface area contributed by atoms with Crippen LogP contribution in [0, 0.1) is 0 Å². The van der Waals surface area contributed by atoms with Crippen molar-refractivity contribution in [3.8, 4) is 0 Å². The molecule has 0 aromatic heterocycles. The van der Waals surface area contributed by atoms with Crippen LogP contribution in [-0.2, 0) is 25.6 Å². The number of halogens is 1. The van der Waals surface area contributed by atoms with Crippen LogP contribution in [0.2, 0.25) is 5.02 Å². The summed E-state index contributed by atoms with van der Waals surface area (Å²) in [5.41, 5.74) is 1.84. The number of carbonyl (C=O) groups is 2. The molecule has 0 bridgehead atoms. The Balaban J connectivity index is 1.75. The molecule has 1 aliphatic rings. The van der Waals surface area contributed by atoms with Crippen LogP contribution < -0.4 is 10.2 Å². The summed E-state index contributed by atoms with van der Waals surface area (Å²) in [6.07, 6.45) is 2.98.